The molecular formula is C26H31FN4O4. The number of piperidine rings is 1. The highest BCUT2D eigenvalue weighted by Crippen LogP contribution is 2.38. The Morgan fingerprint density at radius 2 is 1.77 bits per heavy atom. The Balaban J connectivity index is 1.70. The van der Waals surface area contributed by atoms with Crippen LogP contribution in [0.5, 0.6) is 5.75 Å². The number of carbonyl (C=O) groups excluding carboxylic acids is 1. The van der Waals surface area contributed by atoms with Gasteiger partial charge in [-0.2, -0.15) is 5.10 Å². The Morgan fingerprint density at radius 1 is 1.11 bits per heavy atom. The number of amides is 1. The number of aliphatic hydroxyl groups is 1. The molecule has 2 aromatic heterocycles. The van der Waals surface area contributed by atoms with E-state index in [1.807, 2.05) is 6.92 Å². The molecular weight excluding hydrogens is 451 g/mol. The van der Waals surface area contributed by atoms with Gasteiger partial charge in [0, 0.05) is 30.5 Å². The van der Waals surface area contributed by atoms with Crippen molar-refractivity contribution < 1.29 is 23.8 Å². The van der Waals surface area contributed by atoms with Crippen molar-refractivity contribution in [3.63, 3.8) is 0 Å². The van der Waals surface area contributed by atoms with Gasteiger partial charge in [-0.15, -0.1) is 0 Å². The average Bonchev–Trinajstić information content (AvgIpc) is 3.17. The highest BCUT2D eigenvalue weighted by atomic mass is 19.1. The Kier molecular flexibility index (Phi) is 6.55. The molecule has 35 heavy (non-hydrogen) atoms. The lowest BCUT2D eigenvalue weighted by molar-refractivity contribution is -0.0401. The molecule has 0 saturated carbocycles. The number of aryl methyl sites for hydroxylation is 1. The van der Waals surface area contributed by atoms with E-state index in [2.05, 4.69) is 10.1 Å². The number of rotatable bonds is 4. The summed E-state index contributed by atoms with van der Waals surface area (Å²) in [6.07, 6.45) is 1.41. The third-order valence-corrected chi connectivity index (χ3v) is 6.01. The Morgan fingerprint density at radius 3 is 2.31 bits per heavy atom. The zero-order valence-corrected chi connectivity index (χ0v) is 20.7. The van der Waals surface area contributed by atoms with E-state index in [0.717, 1.165) is 5.69 Å². The predicted octanol–water partition coefficient (Wildman–Crippen LogP) is 4.61. The second-order valence-electron chi connectivity index (χ2n) is 9.81. The van der Waals surface area contributed by atoms with Crippen molar-refractivity contribution in [1.82, 2.24) is 19.7 Å². The zero-order chi connectivity index (χ0) is 25.4. The van der Waals surface area contributed by atoms with Gasteiger partial charge >= 0.3 is 6.09 Å². The summed E-state index contributed by atoms with van der Waals surface area (Å²) in [5.41, 5.74) is -0.0386. The van der Waals surface area contributed by atoms with Crippen molar-refractivity contribution in [1.29, 1.82) is 0 Å². The van der Waals surface area contributed by atoms with E-state index in [-0.39, 0.29) is 37.3 Å². The van der Waals surface area contributed by atoms with Crippen LogP contribution in [-0.4, -0.2) is 56.7 Å². The van der Waals surface area contributed by atoms with Gasteiger partial charge < -0.3 is 19.5 Å². The van der Waals surface area contributed by atoms with E-state index in [1.165, 1.54) is 9.58 Å². The quantitative estimate of drug-likeness (QED) is 0.584. The fourth-order valence-corrected chi connectivity index (χ4v) is 4.09. The van der Waals surface area contributed by atoms with Crippen molar-refractivity contribution in [2.75, 3.05) is 20.2 Å². The minimum absolute atomic E-state index is 0.0484. The summed E-state index contributed by atoms with van der Waals surface area (Å²) < 4.78 is 28.2. The minimum atomic E-state index is -1.53. The van der Waals surface area contributed by atoms with Gasteiger partial charge in [0.2, 0.25) is 0 Å². The van der Waals surface area contributed by atoms with Gasteiger partial charge in [-0.05, 0) is 76.9 Å². The third-order valence-electron chi connectivity index (χ3n) is 6.01. The van der Waals surface area contributed by atoms with E-state index >= 15 is 4.39 Å². The van der Waals surface area contributed by atoms with Gasteiger partial charge in [-0.3, -0.25) is 4.98 Å². The lowest BCUT2D eigenvalue weighted by Gasteiger charge is -2.37. The maximum Gasteiger partial charge on any atom is 0.410 e. The maximum atomic E-state index is 16.0. The fraction of sp³-hybridized carbons (Fsp3) is 0.423. The number of hydrogen-bond acceptors (Lipinski definition) is 6. The van der Waals surface area contributed by atoms with Gasteiger partial charge in [0.15, 0.2) is 5.82 Å². The minimum Gasteiger partial charge on any atom is -0.497 e. The van der Waals surface area contributed by atoms with Crippen molar-refractivity contribution in [3.8, 4) is 22.7 Å². The van der Waals surface area contributed by atoms with Gasteiger partial charge in [-0.1, -0.05) is 0 Å². The van der Waals surface area contributed by atoms with Crippen LogP contribution in [0.3, 0.4) is 0 Å². The molecule has 4 rings (SSSR count). The second kappa shape index (κ2) is 9.30. The molecule has 1 N–H and O–H groups in total. The molecule has 1 aliphatic rings. The number of ether oxygens (including phenoxy) is 2. The van der Waals surface area contributed by atoms with Crippen LogP contribution in [0.1, 0.15) is 45.0 Å². The van der Waals surface area contributed by atoms with E-state index < -0.39 is 23.1 Å². The zero-order valence-electron chi connectivity index (χ0n) is 20.7. The first-order valence-corrected chi connectivity index (χ1v) is 11.6. The summed E-state index contributed by atoms with van der Waals surface area (Å²) in [5.74, 6) is 0.0491. The molecule has 9 heteroatoms. The van der Waals surface area contributed by atoms with Crippen LogP contribution in [0, 0.1) is 12.7 Å². The maximum absolute atomic E-state index is 16.0. The summed E-state index contributed by atoms with van der Waals surface area (Å²) in [6, 6.07) is 10.7. The van der Waals surface area contributed by atoms with Crippen LogP contribution in [-0.2, 0) is 10.3 Å². The molecule has 3 aromatic rings. The monoisotopic (exact) mass is 482 g/mol. The number of pyridine rings is 1. The molecule has 0 unspecified atom stereocenters. The summed E-state index contributed by atoms with van der Waals surface area (Å²) in [6.45, 7) is 7.70. The molecule has 186 valence electrons. The first-order valence-electron chi connectivity index (χ1n) is 11.6. The first-order chi connectivity index (χ1) is 16.5. The molecule has 0 aliphatic carbocycles. The van der Waals surface area contributed by atoms with Gasteiger partial charge in [0.05, 0.1) is 12.8 Å². The standard InChI is InChI=1S/C26H31FN4O4/c1-17-6-7-18(16-28-17)22-21(27)23(29-31(22)19-8-10-20(34-5)11-9-19)26(33)12-14-30(15-13-26)24(32)35-25(2,3)4/h6-11,16,33H,12-15H2,1-5H3. The van der Waals surface area contributed by atoms with E-state index in [1.54, 1.807) is 70.5 Å². The molecule has 1 aromatic carbocycles. The highest BCUT2D eigenvalue weighted by molar-refractivity contribution is 5.68. The van der Waals surface area contributed by atoms with E-state index in [4.69, 9.17) is 9.47 Å². The number of carbonyl (C=O) groups is 1. The lowest BCUT2D eigenvalue weighted by Crippen LogP contribution is -2.47. The van der Waals surface area contributed by atoms with Crippen LogP contribution in [0.2, 0.25) is 0 Å². The Hall–Kier alpha value is -3.46. The van der Waals surface area contributed by atoms with Crippen LogP contribution < -0.4 is 4.74 Å². The highest BCUT2D eigenvalue weighted by Gasteiger charge is 2.42. The number of aromatic nitrogens is 3. The van der Waals surface area contributed by atoms with Crippen LogP contribution in [0.4, 0.5) is 9.18 Å². The van der Waals surface area contributed by atoms with Crippen LogP contribution >= 0.6 is 0 Å². The summed E-state index contributed by atoms with van der Waals surface area (Å²) >= 11 is 0. The summed E-state index contributed by atoms with van der Waals surface area (Å²) in [7, 11) is 1.57. The normalized spacial score (nSPS) is 15.7. The Bertz CT molecular complexity index is 1190. The van der Waals surface area contributed by atoms with Gasteiger partial charge in [0.1, 0.15) is 28.3 Å². The number of likely N-dealkylation sites (tertiary alicyclic amines) is 1. The summed E-state index contributed by atoms with van der Waals surface area (Å²) in [4.78, 5) is 18.3. The van der Waals surface area contributed by atoms with E-state index in [9.17, 15) is 9.90 Å². The average molecular weight is 483 g/mol. The SMILES string of the molecule is COc1ccc(-n2nc(C3(O)CCN(C(=O)OC(C)(C)C)CC3)c(F)c2-c2ccc(C)nc2)cc1. The second-order valence-corrected chi connectivity index (χ2v) is 9.81. The number of hydrogen-bond donors (Lipinski definition) is 1. The van der Waals surface area contributed by atoms with Crippen LogP contribution in [0.15, 0.2) is 42.6 Å². The largest absolute Gasteiger partial charge is 0.497 e. The number of benzene rings is 1. The third kappa shape index (κ3) is 5.14. The number of nitrogens with zero attached hydrogens (tertiary/aromatic N) is 4. The number of halogens is 1. The molecule has 1 fully saturated rings. The van der Waals surface area contributed by atoms with Crippen molar-refractivity contribution in [2.24, 2.45) is 0 Å². The topological polar surface area (TPSA) is 89.7 Å². The molecule has 1 aliphatic heterocycles. The van der Waals surface area contributed by atoms with Crippen LogP contribution in [0.25, 0.3) is 16.9 Å². The molecule has 1 amide bonds. The van der Waals surface area contributed by atoms with Crippen molar-refractivity contribution in [2.45, 2.75) is 51.7 Å². The molecule has 3 heterocycles. The predicted molar refractivity (Wildman–Crippen MR) is 129 cm³/mol. The molecule has 0 spiro atoms. The van der Waals surface area contributed by atoms with E-state index in [0.29, 0.717) is 17.0 Å². The molecule has 1 saturated heterocycles. The molecule has 0 radical (unpaired) electrons. The molecule has 8 nitrogen and oxygen atoms in total. The smallest absolute Gasteiger partial charge is 0.410 e. The first kappa shape index (κ1) is 24.7. The van der Waals surface area contributed by atoms with Crippen molar-refractivity contribution in [3.05, 3.63) is 59.8 Å². The molecule has 0 atom stereocenters. The summed E-state index contributed by atoms with van der Waals surface area (Å²) in [5, 5.41) is 16.0. The Labute approximate surface area is 204 Å². The molecule has 0 bridgehead atoms. The van der Waals surface area contributed by atoms with Gasteiger partial charge in [0.25, 0.3) is 0 Å². The van der Waals surface area contributed by atoms with Gasteiger partial charge in [-0.25, -0.2) is 13.9 Å². The fourth-order valence-electron chi connectivity index (χ4n) is 4.09. The lowest BCUT2D eigenvalue weighted by atomic mass is 9.87. The van der Waals surface area contributed by atoms with Crippen molar-refractivity contribution >= 4 is 6.09 Å². The number of methoxy groups -OCH3 is 1.